The molecule has 0 radical (unpaired) electrons. The molecule has 132 valence electrons. The Morgan fingerprint density at radius 1 is 0.963 bits per heavy atom. The van der Waals surface area contributed by atoms with Crippen LogP contribution >= 0.6 is 23.8 Å². The number of rotatable bonds is 3. The van der Waals surface area contributed by atoms with E-state index in [0.717, 1.165) is 16.8 Å². The molecule has 0 aliphatic carbocycles. The maximum atomic E-state index is 12.2. The van der Waals surface area contributed by atoms with Crippen molar-refractivity contribution in [2.75, 3.05) is 5.32 Å². The van der Waals surface area contributed by atoms with E-state index in [2.05, 4.69) is 16.7 Å². The van der Waals surface area contributed by atoms with Gasteiger partial charge in [0.25, 0.3) is 5.91 Å². The van der Waals surface area contributed by atoms with Crippen LogP contribution < -0.4 is 10.6 Å². The first-order valence-corrected chi connectivity index (χ1v) is 8.82. The monoisotopic (exact) mass is 391 g/mol. The predicted molar refractivity (Wildman–Crippen MR) is 112 cm³/mol. The van der Waals surface area contributed by atoms with Gasteiger partial charge in [0.05, 0.1) is 11.6 Å². The molecule has 3 aromatic rings. The van der Waals surface area contributed by atoms with E-state index in [-0.39, 0.29) is 11.0 Å². The van der Waals surface area contributed by atoms with Crippen LogP contribution in [-0.2, 0) is 0 Å². The van der Waals surface area contributed by atoms with Crippen LogP contribution in [0.2, 0.25) is 5.02 Å². The van der Waals surface area contributed by atoms with E-state index in [4.69, 9.17) is 29.1 Å². The summed E-state index contributed by atoms with van der Waals surface area (Å²) in [6, 6.07) is 23.7. The molecule has 0 fully saturated rings. The van der Waals surface area contributed by atoms with E-state index in [1.165, 1.54) is 0 Å². The number of anilines is 1. The smallest absolute Gasteiger partial charge is 0.257 e. The fraction of sp³-hybridized carbons (Fsp3) is 0. The van der Waals surface area contributed by atoms with Crippen LogP contribution in [0.5, 0.6) is 0 Å². The second-order valence-electron chi connectivity index (χ2n) is 5.69. The number of nitriles is 1. The van der Waals surface area contributed by atoms with Gasteiger partial charge in [-0.25, -0.2) is 0 Å². The zero-order chi connectivity index (χ0) is 19.2. The average Bonchev–Trinajstić information content (AvgIpc) is 2.68. The van der Waals surface area contributed by atoms with Crippen LogP contribution in [0.1, 0.15) is 15.9 Å². The van der Waals surface area contributed by atoms with Gasteiger partial charge in [-0.2, -0.15) is 5.26 Å². The largest absolute Gasteiger partial charge is 0.332 e. The second-order valence-corrected chi connectivity index (χ2v) is 6.53. The molecule has 4 nitrogen and oxygen atoms in total. The standard InChI is InChI=1S/C21H14ClN3OS/c22-18-3-1-2-17(12-18)20(26)25-21(27)24-19-10-8-16(9-11-19)15-6-4-14(13-23)5-7-15/h1-12H,(H2,24,25,26,27). The highest BCUT2D eigenvalue weighted by molar-refractivity contribution is 7.80. The number of nitrogens with one attached hydrogen (secondary N) is 2. The molecule has 0 saturated heterocycles. The Bertz CT molecular complexity index is 1020. The number of carbonyl (C=O) groups is 1. The molecule has 0 aliphatic heterocycles. The topological polar surface area (TPSA) is 64.9 Å². The van der Waals surface area contributed by atoms with Crippen molar-refractivity contribution in [3.63, 3.8) is 0 Å². The SMILES string of the molecule is N#Cc1ccc(-c2ccc(NC(=S)NC(=O)c3cccc(Cl)c3)cc2)cc1. The van der Waals surface area contributed by atoms with Crippen molar-refractivity contribution in [1.82, 2.24) is 5.32 Å². The van der Waals surface area contributed by atoms with E-state index >= 15 is 0 Å². The number of amides is 1. The van der Waals surface area contributed by atoms with Crippen molar-refractivity contribution >= 4 is 40.5 Å². The average molecular weight is 392 g/mol. The fourth-order valence-electron chi connectivity index (χ4n) is 2.45. The van der Waals surface area contributed by atoms with Crippen LogP contribution in [0.15, 0.2) is 72.8 Å². The lowest BCUT2D eigenvalue weighted by Gasteiger charge is -2.10. The van der Waals surface area contributed by atoms with Crippen LogP contribution in [0.3, 0.4) is 0 Å². The Kier molecular flexibility index (Phi) is 5.82. The summed E-state index contributed by atoms with van der Waals surface area (Å²) in [6.07, 6.45) is 0. The summed E-state index contributed by atoms with van der Waals surface area (Å²) in [4.78, 5) is 12.2. The number of hydrogen-bond donors (Lipinski definition) is 2. The Hall–Kier alpha value is -3.20. The Labute approximate surface area is 167 Å². The molecule has 0 aliphatic rings. The Balaban J connectivity index is 1.63. The molecule has 0 spiro atoms. The molecule has 27 heavy (non-hydrogen) atoms. The molecule has 6 heteroatoms. The van der Waals surface area contributed by atoms with Gasteiger partial charge in [0.2, 0.25) is 0 Å². The minimum Gasteiger partial charge on any atom is -0.332 e. The summed E-state index contributed by atoms with van der Waals surface area (Å²) in [5.74, 6) is -0.329. The van der Waals surface area contributed by atoms with Gasteiger partial charge in [-0.05, 0) is 65.8 Å². The molecule has 0 bridgehead atoms. The zero-order valence-corrected chi connectivity index (χ0v) is 15.6. The molecule has 0 aromatic heterocycles. The number of benzene rings is 3. The number of hydrogen-bond acceptors (Lipinski definition) is 3. The number of carbonyl (C=O) groups excluding carboxylic acids is 1. The number of nitrogens with zero attached hydrogens (tertiary/aromatic N) is 1. The molecule has 0 heterocycles. The number of thiocarbonyl (C=S) groups is 1. The van der Waals surface area contributed by atoms with Gasteiger partial charge in [-0.1, -0.05) is 41.9 Å². The van der Waals surface area contributed by atoms with Gasteiger partial charge in [0, 0.05) is 16.3 Å². The maximum absolute atomic E-state index is 12.2. The first-order chi connectivity index (χ1) is 13.0. The molecular formula is C21H14ClN3OS. The maximum Gasteiger partial charge on any atom is 0.257 e. The van der Waals surface area contributed by atoms with Crippen molar-refractivity contribution in [1.29, 1.82) is 5.26 Å². The lowest BCUT2D eigenvalue weighted by Crippen LogP contribution is -2.34. The highest BCUT2D eigenvalue weighted by Crippen LogP contribution is 2.22. The van der Waals surface area contributed by atoms with E-state index in [1.54, 1.807) is 36.4 Å². The fourth-order valence-corrected chi connectivity index (χ4v) is 2.85. The summed E-state index contributed by atoms with van der Waals surface area (Å²) >= 11 is 11.1. The molecular weight excluding hydrogens is 378 g/mol. The van der Waals surface area contributed by atoms with Crippen molar-refractivity contribution in [2.24, 2.45) is 0 Å². The second kappa shape index (κ2) is 8.45. The van der Waals surface area contributed by atoms with Gasteiger partial charge < -0.3 is 5.32 Å². The third-order valence-corrected chi connectivity index (χ3v) is 4.24. The van der Waals surface area contributed by atoms with Crippen molar-refractivity contribution in [3.05, 3.63) is 88.9 Å². The highest BCUT2D eigenvalue weighted by Gasteiger charge is 2.08. The minimum absolute atomic E-state index is 0.200. The number of halogens is 1. The molecule has 0 saturated carbocycles. The first-order valence-electron chi connectivity index (χ1n) is 8.03. The lowest BCUT2D eigenvalue weighted by atomic mass is 10.0. The van der Waals surface area contributed by atoms with Gasteiger partial charge in [0.15, 0.2) is 5.11 Å². The summed E-state index contributed by atoms with van der Waals surface area (Å²) in [5.41, 5.74) is 3.83. The van der Waals surface area contributed by atoms with Crippen molar-refractivity contribution in [2.45, 2.75) is 0 Å². The quantitative estimate of drug-likeness (QED) is 0.616. The van der Waals surface area contributed by atoms with Gasteiger partial charge >= 0.3 is 0 Å². The molecule has 3 aromatic carbocycles. The lowest BCUT2D eigenvalue weighted by molar-refractivity contribution is 0.0977. The molecule has 0 unspecified atom stereocenters. The minimum atomic E-state index is -0.329. The highest BCUT2D eigenvalue weighted by atomic mass is 35.5. The van der Waals surface area contributed by atoms with Crippen molar-refractivity contribution in [3.8, 4) is 17.2 Å². The first kappa shape index (κ1) is 18.6. The molecule has 3 rings (SSSR count). The van der Waals surface area contributed by atoms with E-state index in [1.807, 2.05) is 36.4 Å². The summed E-state index contributed by atoms with van der Waals surface area (Å²) in [7, 11) is 0. The van der Waals surface area contributed by atoms with E-state index < -0.39 is 0 Å². The van der Waals surface area contributed by atoms with Crippen LogP contribution in [0, 0.1) is 11.3 Å². The molecule has 2 N–H and O–H groups in total. The van der Waals surface area contributed by atoms with Crippen LogP contribution in [0.4, 0.5) is 5.69 Å². The predicted octanol–water partition coefficient (Wildman–Crippen LogP) is 5.01. The van der Waals surface area contributed by atoms with E-state index in [9.17, 15) is 4.79 Å². The third kappa shape index (κ3) is 4.91. The summed E-state index contributed by atoms with van der Waals surface area (Å²) in [6.45, 7) is 0. The van der Waals surface area contributed by atoms with Gasteiger partial charge in [-0.15, -0.1) is 0 Å². The van der Waals surface area contributed by atoms with Crippen molar-refractivity contribution < 1.29 is 4.79 Å². The molecule has 1 amide bonds. The normalized spacial score (nSPS) is 9.93. The zero-order valence-electron chi connectivity index (χ0n) is 14.1. The Morgan fingerprint density at radius 3 is 2.19 bits per heavy atom. The summed E-state index contributed by atoms with van der Waals surface area (Å²) in [5, 5.41) is 15.1. The van der Waals surface area contributed by atoms with Gasteiger partial charge in [-0.3, -0.25) is 10.1 Å². The van der Waals surface area contributed by atoms with Gasteiger partial charge in [0.1, 0.15) is 0 Å². The Morgan fingerprint density at radius 2 is 1.59 bits per heavy atom. The third-order valence-electron chi connectivity index (χ3n) is 3.80. The summed E-state index contributed by atoms with van der Waals surface area (Å²) < 4.78 is 0. The molecule has 0 atom stereocenters. The van der Waals surface area contributed by atoms with E-state index in [0.29, 0.717) is 16.1 Å². The van der Waals surface area contributed by atoms with Crippen LogP contribution in [-0.4, -0.2) is 11.0 Å². The van der Waals surface area contributed by atoms with Crippen LogP contribution in [0.25, 0.3) is 11.1 Å².